The molecule has 1 nitrogen and oxygen atoms in total. The third kappa shape index (κ3) is 2.22. The molecule has 0 aromatic heterocycles. The Balaban J connectivity index is 2.96. The Morgan fingerprint density at radius 3 is 2.31 bits per heavy atom. The lowest BCUT2D eigenvalue weighted by Gasteiger charge is -2.30. The molecule has 1 heterocycles. The first kappa shape index (κ1) is 11.0. The van der Waals surface area contributed by atoms with Crippen LogP contribution in [0.2, 0.25) is 0 Å². The van der Waals surface area contributed by atoms with Crippen LogP contribution in [0.1, 0.15) is 41.0 Å². The summed E-state index contributed by atoms with van der Waals surface area (Å²) in [7, 11) is 0. The van der Waals surface area contributed by atoms with Gasteiger partial charge in [0.1, 0.15) is 0 Å². The Bertz CT molecular complexity index is 213. The van der Waals surface area contributed by atoms with E-state index in [0.717, 1.165) is 12.4 Å². The van der Waals surface area contributed by atoms with Gasteiger partial charge in [-0.05, 0) is 13.3 Å². The molecule has 0 atom stereocenters. The van der Waals surface area contributed by atoms with Crippen LogP contribution in [0.5, 0.6) is 0 Å². The van der Waals surface area contributed by atoms with E-state index in [0.29, 0.717) is 5.41 Å². The Hall–Kier alpha value is -0.110. The molecule has 0 unspecified atom stereocenters. The van der Waals surface area contributed by atoms with Crippen LogP contribution in [0.25, 0.3) is 0 Å². The van der Waals surface area contributed by atoms with E-state index in [-0.39, 0.29) is 0 Å². The van der Waals surface area contributed by atoms with Crippen LogP contribution in [0, 0.1) is 5.41 Å². The van der Waals surface area contributed by atoms with Crippen molar-refractivity contribution >= 4 is 11.8 Å². The minimum absolute atomic E-state index is 0.310. The summed E-state index contributed by atoms with van der Waals surface area (Å²) in [5, 5.41) is 0. The van der Waals surface area contributed by atoms with E-state index in [9.17, 15) is 0 Å². The summed E-state index contributed by atoms with van der Waals surface area (Å²) in [6.07, 6.45) is 1.19. The molecule has 13 heavy (non-hydrogen) atoms. The van der Waals surface area contributed by atoms with Gasteiger partial charge in [0, 0.05) is 22.6 Å². The van der Waals surface area contributed by atoms with Crippen LogP contribution in [-0.2, 0) is 0 Å². The lowest BCUT2D eigenvalue weighted by Crippen LogP contribution is -2.27. The number of rotatable bonds is 2. The molecule has 0 saturated heterocycles. The molecule has 0 fully saturated rings. The maximum absolute atomic E-state index is 2.50. The normalized spacial score (nSPS) is 18.7. The summed E-state index contributed by atoms with van der Waals surface area (Å²) >= 11 is 2.02. The summed E-state index contributed by atoms with van der Waals surface area (Å²) in [6, 6.07) is 0. The van der Waals surface area contributed by atoms with Crippen molar-refractivity contribution in [3.63, 3.8) is 0 Å². The zero-order valence-electron chi connectivity index (χ0n) is 9.48. The van der Waals surface area contributed by atoms with E-state index in [1.807, 2.05) is 11.8 Å². The van der Waals surface area contributed by atoms with Gasteiger partial charge >= 0.3 is 0 Å². The van der Waals surface area contributed by atoms with Crippen molar-refractivity contribution in [2.75, 3.05) is 12.4 Å². The quantitative estimate of drug-likeness (QED) is 0.667. The minimum atomic E-state index is 0.310. The predicted molar refractivity (Wildman–Crippen MR) is 61.6 cm³/mol. The van der Waals surface area contributed by atoms with Crippen molar-refractivity contribution in [1.29, 1.82) is 0 Å². The van der Waals surface area contributed by atoms with Crippen molar-refractivity contribution in [3.05, 3.63) is 10.6 Å². The predicted octanol–water partition coefficient (Wildman–Crippen LogP) is 3.68. The molecule has 0 bridgehead atoms. The number of hydrogen-bond acceptors (Lipinski definition) is 2. The van der Waals surface area contributed by atoms with Crippen molar-refractivity contribution < 1.29 is 0 Å². The summed E-state index contributed by atoms with van der Waals surface area (Å²) < 4.78 is 0. The maximum Gasteiger partial charge on any atom is 0.0680 e. The Labute approximate surface area is 86.6 Å². The average molecular weight is 199 g/mol. The lowest BCUT2D eigenvalue weighted by molar-refractivity contribution is 0.316. The second kappa shape index (κ2) is 3.95. The van der Waals surface area contributed by atoms with Crippen molar-refractivity contribution in [2.45, 2.75) is 41.0 Å². The summed E-state index contributed by atoms with van der Waals surface area (Å²) in [5.41, 5.74) is 1.88. The molecular formula is C11H21NS. The summed E-state index contributed by atoms with van der Waals surface area (Å²) in [4.78, 5) is 4.10. The van der Waals surface area contributed by atoms with E-state index in [1.54, 1.807) is 10.6 Å². The molecule has 0 aliphatic carbocycles. The van der Waals surface area contributed by atoms with Crippen LogP contribution >= 0.6 is 11.8 Å². The first-order chi connectivity index (χ1) is 6.00. The van der Waals surface area contributed by atoms with Crippen molar-refractivity contribution in [2.24, 2.45) is 5.41 Å². The van der Waals surface area contributed by atoms with Crippen LogP contribution in [0.4, 0.5) is 0 Å². The first-order valence-electron chi connectivity index (χ1n) is 5.12. The van der Waals surface area contributed by atoms with Crippen LogP contribution in [0.3, 0.4) is 0 Å². The second-order valence-electron chi connectivity index (χ2n) is 4.50. The number of allylic oxidation sites excluding steroid dienone is 2. The smallest absolute Gasteiger partial charge is 0.0680 e. The van der Waals surface area contributed by atoms with Gasteiger partial charge in [0.25, 0.3) is 0 Å². The fourth-order valence-electron chi connectivity index (χ4n) is 1.88. The summed E-state index contributed by atoms with van der Waals surface area (Å²) in [6.45, 7) is 12.6. The van der Waals surface area contributed by atoms with E-state index in [1.165, 1.54) is 6.42 Å². The third-order valence-corrected chi connectivity index (χ3v) is 3.66. The average Bonchev–Trinajstić information content (AvgIpc) is 2.45. The number of nitrogens with zero attached hydrogens (tertiary/aromatic N) is 1. The molecule has 0 spiro atoms. The monoisotopic (exact) mass is 199 g/mol. The van der Waals surface area contributed by atoms with E-state index in [4.69, 9.17) is 0 Å². The fraction of sp³-hybridized carbons (Fsp3) is 0.818. The number of hydrogen-bond donors (Lipinski definition) is 0. The third-order valence-electron chi connectivity index (χ3n) is 2.39. The van der Waals surface area contributed by atoms with E-state index >= 15 is 0 Å². The van der Waals surface area contributed by atoms with Gasteiger partial charge in [-0.15, -0.1) is 11.8 Å². The molecule has 1 aliphatic rings. The Kier molecular flexibility index (Phi) is 3.33. The highest BCUT2D eigenvalue weighted by Crippen LogP contribution is 2.42. The molecule has 0 aromatic carbocycles. The molecular weight excluding hydrogens is 178 g/mol. The van der Waals surface area contributed by atoms with Gasteiger partial charge < -0.3 is 4.90 Å². The molecule has 0 saturated carbocycles. The highest BCUT2D eigenvalue weighted by Gasteiger charge is 2.29. The van der Waals surface area contributed by atoms with E-state index < -0.39 is 0 Å². The van der Waals surface area contributed by atoms with E-state index in [2.05, 4.69) is 39.5 Å². The van der Waals surface area contributed by atoms with Gasteiger partial charge in [-0.25, -0.2) is 0 Å². The lowest BCUT2D eigenvalue weighted by atomic mass is 9.90. The molecule has 1 aliphatic heterocycles. The van der Waals surface area contributed by atoms with Gasteiger partial charge in [-0.2, -0.15) is 0 Å². The standard InChI is InChI=1S/C11H21NS/c1-6-9-10(11(3,4)5)12(7-2)8-13-9/h6-8H2,1-5H3. The molecule has 76 valence electrons. The zero-order chi connectivity index (χ0) is 10.1. The van der Waals surface area contributed by atoms with Crippen molar-refractivity contribution in [3.8, 4) is 0 Å². The van der Waals surface area contributed by atoms with Gasteiger partial charge in [0.15, 0.2) is 0 Å². The molecule has 1 rings (SSSR count). The second-order valence-corrected chi connectivity index (χ2v) is 5.54. The maximum atomic E-state index is 2.50. The highest BCUT2D eigenvalue weighted by molar-refractivity contribution is 8.03. The van der Waals surface area contributed by atoms with Crippen LogP contribution in [0.15, 0.2) is 10.6 Å². The Morgan fingerprint density at radius 1 is 1.31 bits per heavy atom. The van der Waals surface area contributed by atoms with Gasteiger partial charge in [-0.1, -0.05) is 27.7 Å². The van der Waals surface area contributed by atoms with Crippen LogP contribution in [-0.4, -0.2) is 17.3 Å². The fourth-order valence-corrected chi connectivity index (χ4v) is 3.28. The first-order valence-corrected chi connectivity index (χ1v) is 6.10. The highest BCUT2D eigenvalue weighted by atomic mass is 32.2. The molecule has 2 heteroatoms. The number of thioether (sulfide) groups is 1. The SMILES string of the molecule is CCC1=C(C(C)(C)C)N(CC)CS1. The van der Waals surface area contributed by atoms with Crippen molar-refractivity contribution in [1.82, 2.24) is 4.90 Å². The zero-order valence-corrected chi connectivity index (χ0v) is 10.3. The Morgan fingerprint density at radius 2 is 1.92 bits per heavy atom. The molecule has 0 N–H and O–H groups in total. The molecule has 0 radical (unpaired) electrons. The van der Waals surface area contributed by atoms with Gasteiger partial charge in [0.2, 0.25) is 0 Å². The van der Waals surface area contributed by atoms with Gasteiger partial charge in [-0.3, -0.25) is 0 Å². The summed E-state index contributed by atoms with van der Waals surface area (Å²) in [5.74, 6) is 1.16. The molecule has 0 aromatic rings. The van der Waals surface area contributed by atoms with Crippen LogP contribution < -0.4 is 0 Å². The minimum Gasteiger partial charge on any atom is -0.364 e. The topological polar surface area (TPSA) is 3.24 Å². The molecule has 0 amide bonds. The largest absolute Gasteiger partial charge is 0.364 e. The van der Waals surface area contributed by atoms with Gasteiger partial charge in [0.05, 0.1) is 5.88 Å².